The van der Waals surface area contributed by atoms with Gasteiger partial charge in [-0.25, -0.2) is 0 Å². The van der Waals surface area contributed by atoms with Gasteiger partial charge in [-0.1, -0.05) is 22.9 Å². The van der Waals surface area contributed by atoms with Crippen molar-refractivity contribution in [3.05, 3.63) is 27.7 Å². The van der Waals surface area contributed by atoms with Crippen LogP contribution in [0.1, 0.15) is 43.2 Å². The summed E-state index contributed by atoms with van der Waals surface area (Å²) in [6, 6.07) is 4.23. The first kappa shape index (κ1) is 12.9. The summed E-state index contributed by atoms with van der Waals surface area (Å²) in [7, 11) is 1.64. The van der Waals surface area contributed by atoms with Gasteiger partial charge in [0.15, 0.2) is 6.79 Å². The molecule has 1 unspecified atom stereocenters. The van der Waals surface area contributed by atoms with Crippen LogP contribution in [0.15, 0.2) is 16.6 Å². The molecule has 0 saturated carbocycles. The van der Waals surface area contributed by atoms with Crippen molar-refractivity contribution >= 4 is 15.9 Å². The maximum absolute atomic E-state index is 5.52. The van der Waals surface area contributed by atoms with Gasteiger partial charge in [0.25, 0.3) is 0 Å². The summed E-state index contributed by atoms with van der Waals surface area (Å²) in [5.41, 5.74) is 2.92. The van der Waals surface area contributed by atoms with Crippen LogP contribution < -0.4 is 4.74 Å². The Balaban J connectivity index is 2.30. The molecule has 0 spiro atoms. The van der Waals surface area contributed by atoms with E-state index in [0.29, 0.717) is 12.7 Å². The van der Waals surface area contributed by atoms with Crippen molar-refractivity contribution in [1.82, 2.24) is 0 Å². The van der Waals surface area contributed by atoms with Gasteiger partial charge in [-0.15, -0.1) is 0 Å². The van der Waals surface area contributed by atoms with Crippen LogP contribution in [0.5, 0.6) is 5.75 Å². The number of hydrogen-bond acceptors (Lipinski definition) is 2. The first-order valence-electron chi connectivity index (χ1n) is 6.20. The Morgan fingerprint density at radius 2 is 2.24 bits per heavy atom. The third-order valence-corrected chi connectivity index (χ3v) is 4.09. The fraction of sp³-hybridized carbons (Fsp3) is 0.571. The van der Waals surface area contributed by atoms with E-state index >= 15 is 0 Å². The zero-order chi connectivity index (χ0) is 12.3. The second kappa shape index (κ2) is 5.87. The van der Waals surface area contributed by atoms with Gasteiger partial charge in [-0.05, 0) is 54.9 Å². The Hall–Kier alpha value is -0.540. The van der Waals surface area contributed by atoms with Gasteiger partial charge in [-0.3, -0.25) is 0 Å². The summed E-state index contributed by atoms with van der Waals surface area (Å²) in [5.74, 6) is 1.60. The van der Waals surface area contributed by atoms with Crippen LogP contribution in [0.25, 0.3) is 0 Å². The van der Waals surface area contributed by atoms with E-state index in [9.17, 15) is 0 Å². The highest BCUT2D eigenvalue weighted by Gasteiger charge is 2.22. The molecule has 0 aromatic heterocycles. The fourth-order valence-corrected chi connectivity index (χ4v) is 3.42. The van der Waals surface area contributed by atoms with Gasteiger partial charge < -0.3 is 9.47 Å². The molecule has 0 bridgehead atoms. The highest BCUT2D eigenvalue weighted by Crippen LogP contribution is 2.40. The van der Waals surface area contributed by atoms with Gasteiger partial charge >= 0.3 is 0 Å². The number of benzene rings is 1. The Bertz CT molecular complexity index is 390. The maximum Gasteiger partial charge on any atom is 0.188 e. The van der Waals surface area contributed by atoms with E-state index in [0.717, 1.165) is 12.2 Å². The molecule has 0 radical (unpaired) electrons. The highest BCUT2D eigenvalue weighted by atomic mass is 79.9. The third kappa shape index (κ3) is 2.83. The van der Waals surface area contributed by atoms with Crippen LogP contribution in [-0.2, 0) is 11.2 Å². The molecular formula is C14H19BrO2. The number of fused-ring (bicyclic) bond motifs is 1. The molecule has 1 aromatic carbocycles. The van der Waals surface area contributed by atoms with E-state index in [2.05, 4.69) is 35.0 Å². The van der Waals surface area contributed by atoms with Crippen LogP contribution in [-0.4, -0.2) is 13.9 Å². The van der Waals surface area contributed by atoms with Gasteiger partial charge in [0.05, 0.1) is 0 Å². The molecule has 0 aliphatic heterocycles. The molecule has 2 nitrogen and oxygen atoms in total. The standard InChI is InChI=1S/C14H19BrO2/c1-3-10-5-4-6-11-7-12(17-9-16-2)8-13(15)14(10)11/h7-8,10H,3-6,9H2,1-2H3. The van der Waals surface area contributed by atoms with E-state index in [-0.39, 0.29) is 0 Å². The first-order valence-corrected chi connectivity index (χ1v) is 6.99. The molecular weight excluding hydrogens is 280 g/mol. The Morgan fingerprint density at radius 1 is 1.41 bits per heavy atom. The lowest BCUT2D eigenvalue weighted by atomic mass is 9.81. The average Bonchev–Trinajstić information content (AvgIpc) is 2.35. The number of aryl methyl sites for hydroxylation is 1. The van der Waals surface area contributed by atoms with Crippen molar-refractivity contribution in [2.45, 2.75) is 38.5 Å². The monoisotopic (exact) mass is 298 g/mol. The zero-order valence-corrected chi connectivity index (χ0v) is 12.0. The maximum atomic E-state index is 5.52. The third-order valence-electron chi connectivity index (χ3n) is 3.43. The smallest absolute Gasteiger partial charge is 0.188 e. The van der Waals surface area contributed by atoms with Crippen molar-refractivity contribution in [2.75, 3.05) is 13.9 Å². The van der Waals surface area contributed by atoms with E-state index in [4.69, 9.17) is 9.47 Å². The minimum Gasteiger partial charge on any atom is -0.468 e. The predicted octanol–water partition coefficient (Wildman–Crippen LogP) is 4.26. The average molecular weight is 299 g/mol. The molecule has 1 atom stereocenters. The molecule has 1 aliphatic carbocycles. The number of methoxy groups -OCH3 is 1. The normalized spacial score (nSPS) is 18.9. The molecule has 94 valence electrons. The summed E-state index contributed by atoms with van der Waals surface area (Å²) >= 11 is 3.69. The lowest BCUT2D eigenvalue weighted by Crippen LogP contribution is -2.11. The molecule has 0 amide bonds. The van der Waals surface area contributed by atoms with Gasteiger partial charge in [0.2, 0.25) is 0 Å². The van der Waals surface area contributed by atoms with Crippen molar-refractivity contribution in [1.29, 1.82) is 0 Å². The number of ether oxygens (including phenoxy) is 2. The molecule has 0 N–H and O–H groups in total. The molecule has 17 heavy (non-hydrogen) atoms. The summed E-state index contributed by atoms with van der Waals surface area (Å²) in [6.45, 7) is 2.57. The van der Waals surface area contributed by atoms with Crippen LogP contribution in [0, 0.1) is 0 Å². The zero-order valence-electron chi connectivity index (χ0n) is 10.5. The topological polar surface area (TPSA) is 18.5 Å². The van der Waals surface area contributed by atoms with E-state index in [1.54, 1.807) is 7.11 Å². The molecule has 3 heteroatoms. The molecule has 1 aliphatic rings. The van der Waals surface area contributed by atoms with Gasteiger partial charge in [-0.2, -0.15) is 0 Å². The van der Waals surface area contributed by atoms with Gasteiger partial charge in [0, 0.05) is 11.6 Å². The van der Waals surface area contributed by atoms with E-state index in [1.165, 1.54) is 34.9 Å². The first-order chi connectivity index (χ1) is 8.26. The molecule has 2 rings (SSSR count). The largest absolute Gasteiger partial charge is 0.468 e. The minimum absolute atomic E-state index is 0.308. The number of halogens is 1. The Morgan fingerprint density at radius 3 is 2.94 bits per heavy atom. The summed E-state index contributed by atoms with van der Waals surface area (Å²) in [4.78, 5) is 0. The second-order valence-corrected chi connectivity index (χ2v) is 5.38. The molecule has 1 aromatic rings. The summed E-state index contributed by atoms with van der Waals surface area (Å²) in [6.07, 6.45) is 4.96. The van der Waals surface area contributed by atoms with E-state index < -0.39 is 0 Å². The summed E-state index contributed by atoms with van der Waals surface area (Å²) < 4.78 is 11.6. The van der Waals surface area contributed by atoms with Crippen LogP contribution >= 0.6 is 15.9 Å². The van der Waals surface area contributed by atoms with Crippen molar-refractivity contribution in [2.24, 2.45) is 0 Å². The SMILES string of the molecule is CCC1CCCc2cc(OCOC)cc(Br)c21. The predicted molar refractivity (Wildman–Crippen MR) is 72.6 cm³/mol. The summed E-state index contributed by atoms with van der Waals surface area (Å²) in [5, 5.41) is 0. The van der Waals surface area contributed by atoms with Crippen LogP contribution in [0.3, 0.4) is 0 Å². The van der Waals surface area contributed by atoms with Crippen LogP contribution in [0.2, 0.25) is 0 Å². The fourth-order valence-electron chi connectivity index (χ4n) is 2.61. The van der Waals surface area contributed by atoms with E-state index in [1.807, 2.05) is 0 Å². The van der Waals surface area contributed by atoms with Gasteiger partial charge in [0.1, 0.15) is 5.75 Å². The highest BCUT2D eigenvalue weighted by molar-refractivity contribution is 9.10. The van der Waals surface area contributed by atoms with Crippen molar-refractivity contribution < 1.29 is 9.47 Å². The minimum atomic E-state index is 0.308. The lowest BCUT2D eigenvalue weighted by Gasteiger charge is -2.26. The van der Waals surface area contributed by atoms with Crippen molar-refractivity contribution in [3.8, 4) is 5.75 Å². The molecule has 0 saturated heterocycles. The molecule has 0 heterocycles. The van der Waals surface area contributed by atoms with Crippen LogP contribution in [0.4, 0.5) is 0 Å². The second-order valence-electron chi connectivity index (χ2n) is 4.53. The number of rotatable bonds is 4. The Kier molecular flexibility index (Phi) is 4.46. The Labute approximate surface area is 111 Å². The molecule has 0 fully saturated rings. The lowest BCUT2D eigenvalue weighted by molar-refractivity contribution is 0.0510. The number of hydrogen-bond donors (Lipinski definition) is 0. The van der Waals surface area contributed by atoms with Crippen molar-refractivity contribution in [3.63, 3.8) is 0 Å². The quantitative estimate of drug-likeness (QED) is 0.773.